The molecule has 1 aliphatic heterocycles. The highest BCUT2D eigenvalue weighted by atomic mass is 32.1. The van der Waals surface area contributed by atoms with Crippen molar-refractivity contribution in [3.63, 3.8) is 0 Å². The smallest absolute Gasteiger partial charge is 0.259 e. The molecule has 2 aliphatic rings. The highest BCUT2D eigenvalue weighted by Crippen LogP contribution is 2.40. The monoisotopic (exact) mass is 455 g/mol. The Balaban J connectivity index is 1.58. The van der Waals surface area contributed by atoms with Gasteiger partial charge in [-0.2, -0.15) is 0 Å². The molecule has 2 aromatic rings. The number of hydrogen-bond donors (Lipinski definition) is 2. The molecule has 32 heavy (non-hydrogen) atoms. The van der Waals surface area contributed by atoms with Crippen molar-refractivity contribution in [1.29, 1.82) is 0 Å². The van der Waals surface area contributed by atoms with Crippen LogP contribution < -0.4 is 15.4 Å². The molecule has 1 saturated heterocycles. The molecule has 1 fully saturated rings. The zero-order valence-corrected chi connectivity index (χ0v) is 20.0. The molecule has 0 radical (unpaired) electrons. The lowest BCUT2D eigenvalue weighted by molar-refractivity contribution is -0.118. The van der Waals surface area contributed by atoms with E-state index in [1.807, 2.05) is 24.3 Å². The Morgan fingerprint density at radius 1 is 1.16 bits per heavy atom. The summed E-state index contributed by atoms with van der Waals surface area (Å²) in [7, 11) is 1.59. The van der Waals surface area contributed by atoms with Crippen LogP contribution in [0.25, 0.3) is 0 Å². The molecule has 7 heteroatoms. The van der Waals surface area contributed by atoms with Crippen molar-refractivity contribution < 1.29 is 14.3 Å². The predicted octanol–water partition coefficient (Wildman–Crippen LogP) is 4.95. The molecule has 1 aromatic heterocycles. The number of likely N-dealkylation sites (tertiary alicyclic amines) is 1. The Morgan fingerprint density at radius 3 is 2.75 bits per heavy atom. The number of ether oxygens (including phenoxy) is 1. The second-order valence-corrected chi connectivity index (χ2v) is 10.2. The first-order valence-corrected chi connectivity index (χ1v) is 12.4. The van der Waals surface area contributed by atoms with Gasteiger partial charge in [-0.25, -0.2) is 0 Å². The fourth-order valence-electron chi connectivity index (χ4n) is 4.75. The van der Waals surface area contributed by atoms with E-state index >= 15 is 0 Å². The minimum atomic E-state index is -0.191. The fraction of sp³-hybridized carbons (Fsp3) is 0.520. The van der Waals surface area contributed by atoms with E-state index in [1.165, 1.54) is 11.3 Å². The third kappa shape index (κ3) is 4.99. The van der Waals surface area contributed by atoms with Gasteiger partial charge in [-0.15, -0.1) is 11.3 Å². The number of benzene rings is 1. The van der Waals surface area contributed by atoms with E-state index in [-0.39, 0.29) is 11.8 Å². The van der Waals surface area contributed by atoms with Gasteiger partial charge < -0.3 is 15.4 Å². The van der Waals surface area contributed by atoms with E-state index in [4.69, 9.17) is 4.74 Å². The number of piperidine rings is 1. The number of carbonyl (C=O) groups is 2. The summed E-state index contributed by atoms with van der Waals surface area (Å²) in [4.78, 5) is 29.8. The summed E-state index contributed by atoms with van der Waals surface area (Å²) in [5.74, 6) is 0.965. The molecule has 2 heterocycles. The molecule has 2 amide bonds. The van der Waals surface area contributed by atoms with Crippen LogP contribution in [0, 0.1) is 5.92 Å². The van der Waals surface area contributed by atoms with E-state index in [9.17, 15) is 9.59 Å². The number of amides is 2. The third-order valence-corrected chi connectivity index (χ3v) is 7.80. The first kappa shape index (κ1) is 22.8. The number of hydrogen-bond acceptors (Lipinski definition) is 5. The van der Waals surface area contributed by atoms with Crippen LogP contribution in [0.4, 0.5) is 10.7 Å². The fourth-order valence-corrected chi connectivity index (χ4v) is 6.18. The van der Waals surface area contributed by atoms with Crippen molar-refractivity contribution in [2.45, 2.75) is 58.4 Å². The SMILES string of the molecule is COc1ccccc1NC(=O)c1c(NC(=O)CN2CCCC[C@@H]2C)sc2c1CC[C@@H](C)C2. The summed E-state index contributed by atoms with van der Waals surface area (Å²) >= 11 is 1.56. The number of nitrogens with zero attached hydrogens (tertiary/aromatic N) is 1. The first-order chi connectivity index (χ1) is 15.5. The summed E-state index contributed by atoms with van der Waals surface area (Å²) in [6, 6.07) is 7.80. The Morgan fingerprint density at radius 2 is 1.97 bits per heavy atom. The van der Waals surface area contributed by atoms with Gasteiger partial charge in [-0.05, 0) is 69.2 Å². The number of para-hydroxylation sites is 2. The number of nitrogens with one attached hydrogen (secondary N) is 2. The Bertz CT molecular complexity index is 987. The van der Waals surface area contributed by atoms with Crippen LogP contribution in [-0.2, 0) is 17.6 Å². The van der Waals surface area contributed by atoms with E-state index < -0.39 is 0 Å². The summed E-state index contributed by atoms with van der Waals surface area (Å²) in [6.07, 6.45) is 6.36. The molecule has 0 bridgehead atoms. The van der Waals surface area contributed by atoms with Gasteiger partial charge in [0.15, 0.2) is 0 Å². The van der Waals surface area contributed by atoms with Crippen LogP contribution in [0.5, 0.6) is 5.75 Å². The molecule has 1 aromatic carbocycles. The maximum absolute atomic E-state index is 13.4. The highest BCUT2D eigenvalue weighted by molar-refractivity contribution is 7.17. The lowest BCUT2D eigenvalue weighted by atomic mass is 9.88. The standard InChI is InChI=1S/C25H33N3O3S/c1-16-11-12-18-21(14-16)32-25(27-22(29)15-28-13-7-6-8-17(28)2)23(18)24(30)26-19-9-4-5-10-20(19)31-3/h4-5,9-10,16-17H,6-8,11-15H2,1-3H3,(H,26,30)(H,27,29)/t16-,17+/m1/s1. The van der Waals surface area contributed by atoms with Crippen molar-refractivity contribution in [3.05, 3.63) is 40.3 Å². The second-order valence-electron chi connectivity index (χ2n) is 9.07. The largest absolute Gasteiger partial charge is 0.495 e. The average Bonchev–Trinajstić information content (AvgIpc) is 3.12. The van der Waals surface area contributed by atoms with Crippen LogP contribution >= 0.6 is 11.3 Å². The van der Waals surface area contributed by atoms with Gasteiger partial charge in [0, 0.05) is 10.9 Å². The molecule has 2 atom stereocenters. The summed E-state index contributed by atoms with van der Waals surface area (Å²) < 4.78 is 5.39. The third-order valence-electron chi connectivity index (χ3n) is 6.63. The van der Waals surface area contributed by atoms with Gasteiger partial charge in [0.2, 0.25) is 5.91 Å². The molecule has 4 rings (SSSR count). The summed E-state index contributed by atoms with van der Waals surface area (Å²) in [5, 5.41) is 6.77. The number of thiophene rings is 1. The molecule has 0 unspecified atom stereocenters. The molecule has 0 saturated carbocycles. The van der Waals surface area contributed by atoms with E-state index in [1.54, 1.807) is 18.4 Å². The maximum atomic E-state index is 13.4. The van der Waals surface area contributed by atoms with Crippen LogP contribution in [0.3, 0.4) is 0 Å². The van der Waals surface area contributed by atoms with Gasteiger partial charge in [-0.3, -0.25) is 14.5 Å². The number of methoxy groups -OCH3 is 1. The molecular formula is C25H33N3O3S. The zero-order chi connectivity index (χ0) is 22.7. The van der Waals surface area contributed by atoms with E-state index in [0.717, 1.165) is 44.2 Å². The van der Waals surface area contributed by atoms with Gasteiger partial charge >= 0.3 is 0 Å². The topological polar surface area (TPSA) is 70.7 Å². The molecular weight excluding hydrogens is 422 g/mol. The van der Waals surface area contributed by atoms with E-state index in [0.29, 0.717) is 40.5 Å². The highest BCUT2D eigenvalue weighted by Gasteiger charge is 2.29. The van der Waals surface area contributed by atoms with Crippen LogP contribution in [0.1, 0.15) is 60.3 Å². The second kappa shape index (κ2) is 10.0. The molecule has 6 nitrogen and oxygen atoms in total. The van der Waals surface area contributed by atoms with Crippen molar-refractivity contribution in [2.75, 3.05) is 30.8 Å². The van der Waals surface area contributed by atoms with Crippen molar-refractivity contribution in [2.24, 2.45) is 5.92 Å². The van der Waals surface area contributed by atoms with Gasteiger partial charge in [0.05, 0.1) is 24.9 Å². The minimum absolute atomic E-state index is 0.0447. The first-order valence-electron chi connectivity index (χ1n) is 11.6. The average molecular weight is 456 g/mol. The van der Waals surface area contributed by atoms with Crippen molar-refractivity contribution in [3.8, 4) is 5.75 Å². The van der Waals surface area contributed by atoms with Crippen LogP contribution in [0.2, 0.25) is 0 Å². The van der Waals surface area contributed by atoms with Crippen molar-refractivity contribution >= 4 is 33.8 Å². The number of rotatable bonds is 6. The number of anilines is 2. The summed E-state index contributed by atoms with van der Waals surface area (Å²) in [6.45, 7) is 5.75. The van der Waals surface area contributed by atoms with Gasteiger partial charge in [0.1, 0.15) is 10.8 Å². The quantitative estimate of drug-likeness (QED) is 0.647. The number of fused-ring (bicyclic) bond motifs is 1. The lowest BCUT2D eigenvalue weighted by Crippen LogP contribution is -2.42. The molecule has 1 aliphatic carbocycles. The number of carbonyl (C=O) groups excluding carboxylic acids is 2. The predicted molar refractivity (Wildman–Crippen MR) is 130 cm³/mol. The van der Waals surface area contributed by atoms with Gasteiger partial charge in [0.25, 0.3) is 5.91 Å². The minimum Gasteiger partial charge on any atom is -0.495 e. The Kier molecular flexibility index (Phi) is 7.16. The normalized spacial score (nSPS) is 21.0. The molecule has 0 spiro atoms. The summed E-state index contributed by atoms with van der Waals surface area (Å²) in [5.41, 5.74) is 2.33. The zero-order valence-electron chi connectivity index (χ0n) is 19.2. The molecule has 172 valence electrons. The Hall–Kier alpha value is -2.38. The maximum Gasteiger partial charge on any atom is 0.259 e. The van der Waals surface area contributed by atoms with Crippen LogP contribution in [-0.4, -0.2) is 43.0 Å². The van der Waals surface area contributed by atoms with Crippen molar-refractivity contribution in [1.82, 2.24) is 4.90 Å². The molecule has 2 N–H and O–H groups in total. The van der Waals surface area contributed by atoms with Crippen LogP contribution in [0.15, 0.2) is 24.3 Å². The van der Waals surface area contributed by atoms with E-state index in [2.05, 4.69) is 29.4 Å². The van der Waals surface area contributed by atoms with Gasteiger partial charge in [-0.1, -0.05) is 25.5 Å². The Labute approximate surface area is 194 Å². The lowest BCUT2D eigenvalue weighted by Gasteiger charge is -2.32.